The minimum atomic E-state index is -0.753. The molecule has 0 bridgehead atoms. The molecular weight excluding hydrogens is 344 g/mol. The van der Waals surface area contributed by atoms with Crippen molar-refractivity contribution in [3.8, 4) is 0 Å². The monoisotopic (exact) mass is 364 g/mol. The molecule has 0 aliphatic heterocycles. The van der Waals surface area contributed by atoms with Crippen molar-refractivity contribution in [2.45, 2.75) is 13.5 Å². The molecule has 3 aromatic rings. The molecule has 9 nitrogen and oxygen atoms in total. The molecule has 3 rings (SSSR count). The number of pyridine rings is 2. The molecule has 0 radical (unpaired) electrons. The number of aromatic nitrogens is 2. The first-order valence-electron chi connectivity index (χ1n) is 8.16. The number of nitrogen functional groups attached to an aromatic ring is 1. The fraction of sp³-hybridized carbons (Fsp3) is 0.111. The molecule has 0 atom stereocenters. The summed E-state index contributed by atoms with van der Waals surface area (Å²) in [6.07, 6.45) is 1.75. The van der Waals surface area contributed by atoms with Gasteiger partial charge in [0, 0.05) is 11.6 Å². The Bertz CT molecular complexity index is 1020. The molecule has 0 aliphatic rings. The van der Waals surface area contributed by atoms with E-state index in [9.17, 15) is 4.79 Å². The second-order valence-corrected chi connectivity index (χ2v) is 5.94. The van der Waals surface area contributed by atoms with Crippen LogP contribution in [0.15, 0.2) is 53.8 Å². The van der Waals surface area contributed by atoms with Crippen molar-refractivity contribution in [3.05, 3.63) is 59.9 Å². The van der Waals surface area contributed by atoms with E-state index in [2.05, 4.69) is 20.5 Å². The molecule has 1 aromatic carbocycles. The fourth-order valence-corrected chi connectivity index (χ4v) is 2.58. The van der Waals surface area contributed by atoms with Crippen LogP contribution in [0.25, 0.3) is 10.9 Å². The van der Waals surface area contributed by atoms with Gasteiger partial charge in [-0.05, 0) is 42.8 Å². The molecule has 7 N–H and O–H groups in total. The van der Waals surface area contributed by atoms with Crippen molar-refractivity contribution < 1.29 is 4.79 Å². The van der Waals surface area contributed by atoms with Crippen LogP contribution < -0.4 is 27.7 Å². The summed E-state index contributed by atoms with van der Waals surface area (Å²) in [6.45, 7) is 2.09. The molecular formula is C18H20N8O. The minimum absolute atomic E-state index is 0.404. The van der Waals surface area contributed by atoms with Crippen molar-refractivity contribution in [1.82, 2.24) is 15.4 Å². The third kappa shape index (κ3) is 4.28. The second-order valence-electron chi connectivity index (χ2n) is 5.94. The molecule has 9 heteroatoms. The number of fused-ring (bicyclic) bond motifs is 1. The smallest absolute Gasteiger partial charge is 0.332 e. The zero-order chi connectivity index (χ0) is 19.4. The third-order valence-electron chi connectivity index (χ3n) is 3.90. The fourth-order valence-electron chi connectivity index (χ4n) is 2.58. The number of carbonyl (C=O) groups excluding carboxylic acids is 1. The molecule has 2 amide bonds. The Kier molecular flexibility index (Phi) is 5.13. The highest BCUT2D eigenvalue weighted by Crippen LogP contribution is 2.22. The molecule has 2 aromatic heterocycles. The Morgan fingerprint density at radius 3 is 2.85 bits per heavy atom. The van der Waals surface area contributed by atoms with Crippen molar-refractivity contribution >= 4 is 34.2 Å². The number of hydrogen-bond donors (Lipinski definition) is 4. The van der Waals surface area contributed by atoms with Crippen LogP contribution in [-0.2, 0) is 6.54 Å². The highest BCUT2D eigenvalue weighted by atomic mass is 16.2. The molecule has 2 heterocycles. The van der Waals surface area contributed by atoms with Gasteiger partial charge >= 0.3 is 6.03 Å². The number of nitrogens with two attached hydrogens (primary N) is 3. The van der Waals surface area contributed by atoms with Crippen LogP contribution in [0.1, 0.15) is 18.2 Å². The molecule has 0 saturated carbocycles. The largest absolute Gasteiger partial charge is 0.396 e. The standard InChI is InChI=1S/C18H20N8O/c1-11(24-25-18(20)27)15-7-5-14(19)17(23-15)26(21)10-12-4-6-16-13(9-12)3-2-8-22-16/h2-9H,10,19,21H2,1H3,(H3,20,25,27)/b24-11-. The number of rotatable bonds is 5. The Balaban J connectivity index is 1.84. The number of nitrogens with one attached hydrogen (secondary N) is 1. The van der Waals surface area contributed by atoms with Crippen LogP contribution in [0, 0.1) is 0 Å². The molecule has 27 heavy (non-hydrogen) atoms. The number of hydrazine groups is 1. The number of carbonyl (C=O) groups is 1. The number of amides is 2. The van der Waals surface area contributed by atoms with Crippen molar-refractivity contribution in [2.24, 2.45) is 16.7 Å². The lowest BCUT2D eigenvalue weighted by Crippen LogP contribution is -2.32. The Morgan fingerprint density at radius 1 is 1.26 bits per heavy atom. The van der Waals surface area contributed by atoms with Crippen LogP contribution >= 0.6 is 0 Å². The Morgan fingerprint density at radius 2 is 2.07 bits per heavy atom. The highest BCUT2D eigenvalue weighted by Gasteiger charge is 2.12. The highest BCUT2D eigenvalue weighted by molar-refractivity contribution is 5.98. The van der Waals surface area contributed by atoms with Gasteiger partial charge in [0.05, 0.1) is 29.2 Å². The van der Waals surface area contributed by atoms with E-state index in [1.54, 1.807) is 25.3 Å². The van der Waals surface area contributed by atoms with Crippen molar-refractivity contribution in [3.63, 3.8) is 0 Å². The first kappa shape index (κ1) is 18.1. The number of nitrogens with zero attached hydrogens (tertiary/aromatic N) is 4. The zero-order valence-corrected chi connectivity index (χ0v) is 14.8. The third-order valence-corrected chi connectivity index (χ3v) is 3.90. The van der Waals surface area contributed by atoms with E-state index >= 15 is 0 Å². The van der Waals surface area contributed by atoms with Crippen LogP contribution in [0.3, 0.4) is 0 Å². The Hall–Kier alpha value is -3.72. The maximum atomic E-state index is 10.8. The van der Waals surface area contributed by atoms with Gasteiger partial charge in [-0.25, -0.2) is 21.0 Å². The summed E-state index contributed by atoms with van der Waals surface area (Å²) in [5, 5.41) is 6.35. The van der Waals surface area contributed by atoms with Crippen LogP contribution in [-0.4, -0.2) is 21.7 Å². The summed E-state index contributed by atoms with van der Waals surface area (Å²) in [5.74, 6) is 6.62. The summed E-state index contributed by atoms with van der Waals surface area (Å²) >= 11 is 0. The van der Waals surface area contributed by atoms with E-state index in [1.807, 2.05) is 30.3 Å². The summed E-state index contributed by atoms with van der Waals surface area (Å²) < 4.78 is 0. The average molecular weight is 364 g/mol. The maximum Gasteiger partial charge on any atom is 0.332 e. The molecule has 0 saturated heterocycles. The summed E-state index contributed by atoms with van der Waals surface area (Å²) in [4.78, 5) is 19.5. The lowest BCUT2D eigenvalue weighted by molar-refractivity contribution is 0.249. The SMILES string of the molecule is C/C(=N/NC(N)=O)c1ccc(N)c(N(N)Cc2ccc3ncccc3c2)n1. The number of primary amides is 1. The van der Waals surface area contributed by atoms with E-state index in [0.717, 1.165) is 16.5 Å². The summed E-state index contributed by atoms with van der Waals surface area (Å²) in [7, 11) is 0. The minimum Gasteiger partial charge on any atom is -0.396 e. The van der Waals surface area contributed by atoms with E-state index in [4.69, 9.17) is 17.3 Å². The number of hydrogen-bond acceptors (Lipinski definition) is 7. The summed E-state index contributed by atoms with van der Waals surface area (Å²) in [6, 6.07) is 12.4. The second kappa shape index (κ2) is 7.67. The molecule has 0 fully saturated rings. The van der Waals surface area contributed by atoms with Gasteiger partial charge in [-0.3, -0.25) is 9.99 Å². The van der Waals surface area contributed by atoms with Gasteiger partial charge < -0.3 is 11.5 Å². The van der Waals surface area contributed by atoms with E-state index in [-0.39, 0.29) is 0 Å². The van der Waals surface area contributed by atoms with E-state index in [1.165, 1.54) is 5.01 Å². The summed E-state index contributed by atoms with van der Waals surface area (Å²) in [5.41, 5.74) is 16.5. The van der Waals surface area contributed by atoms with Gasteiger partial charge in [-0.15, -0.1) is 0 Å². The number of hydrazone groups is 1. The van der Waals surface area contributed by atoms with Gasteiger partial charge in [0.1, 0.15) is 0 Å². The van der Waals surface area contributed by atoms with Gasteiger partial charge in [-0.2, -0.15) is 5.10 Å². The van der Waals surface area contributed by atoms with E-state index in [0.29, 0.717) is 29.5 Å². The lowest BCUT2D eigenvalue weighted by Gasteiger charge is -2.20. The Labute approximate surface area is 155 Å². The predicted molar refractivity (Wildman–Crippen MR) is 106 cm³/mol. The van der Waals surface area contributed by atoms with E-state index < -0.39 is 6.03 Å². The number of anilines is 2. The zero-order valence-electron chi connectivity index (χ0n) is 14.8. The van der Waals surface area contributed by atoms with Crippen molar-refractivity contribution in [1.29, 1.82) is 0 Å². The topological polar surface area (TPSA) is 149 Å². The van der Waals surface area contributed by atoms with Crippen LogP contribution in [0.2, 0.25) is 0 Å². The average Bonchev–Trinajstić information content (AvgIpc) is 2.66. The maximum absolute atomic E-state index is 10.8. The van der Waals surface area contributed by atoms with Gasteiger partial charge in [-0.1, -0.05) is 12.1 Å². The predicted octanol–water partition coefficient (Wildman–Crippen LogP) is 1.48. The van der Waals surface area contributed by atoms with Crippen LogP contribution in [0.5, 0.6) is 0 Å². The van der Waals surface area contributed by atoms with Crippen molar-refractivity contribution in [2.75, 3.05) is 10.7 Å². The number of urea groups is 1. The molecule has 0 spiro atoms. The first-order valence-corrected chi connectivity index (χ1v) is 8.16. The molecule has 0 aliphatic carbocycles. The first-order chi connectivity index (χ1) is 12.9. The van der Waals surface area contributed by atoms with Gasteiger partial charge in [0.25, 0.3) is 0 Å². The molecule has 0 unspecified atom stereocenters. The lowest BCUT2D eigenvalue weighted by atomic mass is 10.1. The molecule has 138 valence electrons. The van der Waals surface area contributed by atoms with Gasteiger partial charge in [0.2, 0.25) is 0 Å². The van der Waals surface area contributed by atoms with Crippen LogP contribution in [0.4, 0.5) is 16.3 Å². The quantitative estimate of drug-likeness (QED) is 0.306. The number of benzene rings is 1. The normalized spacial score (nSPS) is 11.4. The van der Waals surface area contributed by atoms with Gasteiger partial charge in [0.15, 0.2) is 5.82 Å².